The Balaban J connectivity index is 1.99. The first kappa shape index (κ1) is 12.0. The number of rotatable bonds is 3. The summed E-state index contributed by atoms with van der Waals surface area (Å²) in [5.74, 6) is 0. The fourth-order valence-electron chi connectivity index (χ4n) is 2.21. The van der Waals surface area contributed by atoms with Crippen molar-refractivity contribution in [3.63, 3.8) is 0 Å². The summed E-state index contributed by atoms with van der Waals surface area (Å²) in [6.45, 7) is 2.25. The molecule has 1 aromatic heterocycles. The van der Waals surface area contributed by atoms with E-state index in [0.717, 1.165) is 24.1 Å². The van der Waals surface area contributed by atoms with Crippen LogP contribution >= 0.6 is 15.9 Å². The Kier molecular flexibility index (Phi) is 4.32. The second kappa shape index (κ2) is 5.75. The Morgan fingerprint density at radius 2 is 2.31 bits per heavy atom. The smallest absolute Gasteiger partial charge is 0.106 e. The molecular weight excluding hydrogens is 268 g/mol. The van der Waals surface area contributed by atoms with E-state index in [1.807, 2.05) is 12.3 Å². The summed E-state index contributed by atoms with van der Waals surface area (Å²) in [6.07, 6.45) is 5.48. The number of hydrogen-bond donors (Lipinski definition) is 1. The Bertz CT molecular complexity index is 328. The van der Waals surface area contributed by atoms with E-state index >= 15 is 0 Å². The highest BCUT2D eigenvalue weighted by Gasteiger charge is 2.21. The summed E-state index contributed by atoms with van der Waals surface area (Å²) >= 11 is 3.33. The second-order valence-corrected chi connectivity index (χ2v) is 5.10. The Morgan fingerprint density at radius 1 is 1.44 bits per heavy atom. The van der Waals surface area contributed by atoms with Crippen LogP contribution in [0, 0.1) is 0 Å². The average Bonchev–Trinajstić information content (AvgIpc) is 2.33. The van der Waals surface area contributed by atoms with Crippen LogP contribution in [0.5, 0.6) is 0 Å². The van der Waals surface area contributed by atoms with Crippen LogP contribution in [0.2, 0.25) is 0 Å². The molecule has 0 aliphatic carbocycles. The van der Waals surface area contributed by atoms with Crippen LogP contribution in [0.3, 0.4) is 0 Å². The molecule has 0 aromatic carbocycles. The van der Waals surface area contributed by atoms with Gasteiger partial charge in [0.15, 0.2) is 0 Å². The van der Waals surface area contributed by atoms with Gasteiger partial charge >= 0.3 is 0 Å². The standard InChI is InChI=1S/C12H17BrN2O/c13-12-5-4-10(7-14-12)8-15-6-2-1-3-11(15)9-16/h4-5,7,11,16H,1-3,6,8-9H2/t11-/m0/s1. The summed E-state index contributed by atoms with van der Waals surface area (Å²) in [5.41, 5.74) is 1.21. The van der Waals surface area contributed by atoms with Gasteiger partial charge in [-0.1, -0.05) is 12.5 Å². The molecule has 2 heterocycles. The molecule has 0 unspecified atom stereocenters. The first-order valence-corrected chi connectivity index (χ1v) is 6.54. The SMILES string of the molecule is OC[C@@H]1CCCCN1Cc1ccc(Br)nc1. The Labute approximate surface area is 105 Å². The number of aliphatic hydroxyl groups is 1. The van der Waals surface area contributed by atoms with Crippen LogP contribution in [0.4, 0.5) is 0 Å². The van der Waals surface area contributed by atoms with Gasteiger partial charge in [0.25, 0.3) is 0 Å². The molecule has 0 saturated carbocycles. The molecular formula is C12H17BrN2O. The van der Waals surface area contributed by atoms with Crippen LogP contribution in [-0.2, 0) is 6.54 Å². The molecule has 88 valence electrons. The van der Waals surface area contributed by atoms with Crippen molar-refractivity contribution in [1.82, 2.24) is 9.88 Å². The van der Waals surface area contributed by atoms with Gasteiger partial charge in [-0.3, -0.25) is 4.90 Å². The van der Waals surface area contributed by atoms with Crippen LogP contribution in [0.1, 0.15) is 24.8 Å². The van der Waals surface area contributed by atoms with Crippen LogP contribution < -0.4 is 0 Å². The van der Waals surface area contributed by atoms with Crippen LogP contribution in [0.25, 0.3) is 0 Å². The quantitative estimate of drug-likeness (QED) is 0.865. The zero-order chi connectivity index (χ0) is 11.4. The van der Waals surface area contributed by atoms with Crippen LogP contribution in [-0.4, -0.2) is 34.2 Å². The van der Waals surface area contributed by atoms with Crippen molar-refractivity contribution in [3.05, 3.63) is 28.5 Å². The lowest BCUT2D eigenvalue weighted by atomic mass is 10.0. The molecule has 1 aromatic rings. The fourth-order valence-corrected chi connectivity index (χ4v) is 2.44. The van der Waals surface area contributed by atoms with E-state index in [4.69, 9.17) is 0 Å². The van der Waals surface area contributed by atoms with E-state index < -0.39 is 0 Å². The van der Waals surface area contributed by atoms with Gasteiger partial charge in [0, 0.05) is 18.8 Å². The first-order chi connectivity index (χ1) is 7.79. The van der Waals surface area contributed by atoms with Gasteiger partial charge in [-0.15, -0.1) is 0 Å². The number of piperidine rings is 1. The minimum absolute atomic E-state index is 0.268. The second-order valence-electron chi connectivity index (χ2n) is 4.29. The molecule has 3 nitrogen and oxygen atoms in total. The minimum Gasteiger partial charge on any atom is -0.395 e. The van der Waals surface area contributed by atoms with Gasteiger partial charge < -0.3 is 5.11 Å². The zero-order valence-electron chi connectivity index (χ0n) is 9.27. The maximum absolute atomic E-state index is 9.32. The molecule has 0 radical (unpaired) electrons. The van der Waals surface area contributed by atoms with Gasteiger partial charge in [-0.05, 0) is 46.9 Å². The molecule has 0 spiro atoms. The number of aliphatic hydroxyl groups excluding tert-OH is 1. The molecule has 16 heavy (non-hydrogen) atoms. The average molecular weight is 285 g/mol. The lowest BCUT2D eigenvalue weighted by Gasteiger charge is -2.34. The Morgan fingerprint density at radius 3 is 3.00 bits per heavy atom. The van der Waals surface area contributed by atoms with Crippen molar-refractivity contribution in [2.75, 3.05) is 13.2 Å². The van der Waals surface area contributed by atoms with Crippen molar-refractivity contribution in [3.8, 4) is 0 Å². The van der Waals surface area contributed by atoms with Gasteiger partial charge in [-0.25, -0.2) is 4.98 Å². The predicted octanol–water partition coefficient (Wildman–Crippen LogP) is 2.19. The Hall–Kier alpha value is -0.450. The number of pyridine rings is 1. The summed E-state index contributed by atoms with van der Waals surface area (Å²) in [5, 5.41) is 9.32. The highest BCUT2D eigenvalue weighted by atomic mass is 79.9. The van der Waals surface area contributed by atoms with E-state index in [9.17, 15) is 5.11 Å². The van der Waals surface area contributed by atoms with Crippen molar-refractivity contribution in [1.29, 1.82) is 0 Å². The lowest BCUT2D eigenvalue weighted by molar-refractivity contribution is 0.0840. The summed E-state index contributed by atoms with van der Waals surface area (Å²) in [4.78, 5) is 6.58. The van der Waals surface area contributed by atoms with Gasteiger partial charge in [0.1, 0.15) is 4.60 Å². The summed E-state index contributed by atoms with van der Waals surface area (Å²) < 4.78 is 0.869. The molecule has 1 aliphatic heterocycles. The zero-order valence-corrected chi connectivity index (χ0v) is 10.9. The third kappa shape index (κ3) is 3.03. The molecule has 1 N–H and O–H groups in total. The molecule has 0 amide bonds. The van der Waals surface area contributed by atoms with Crippen LogP contribution in [0.15, 0.2) is 22.9 Å². The monoisotopic (exact) mass is 284 g/mol. The maximum atomic E-state index is 9.32. The normalized spacial score (nSPS) is 22.2. The molecule has 1 saturated heterocycles. The highest BCUT2D eigenvalue weighted by molar-refractivity contribution is 9.10. The summed E-state index contributed by atoms with van der Waals surface area (Å²) in [6, 6.07) is 4.38. The molecule has 1 fully saturated rings. The van der Waals surface area contributed by atoms with Crippen molar-refractivity contribution < 1.29 is 5.11 Å². The van der Waals surface area contributed by atoms with Crippen molar-refractivity contribution in [2.24, 2.45) is 0 Å². The predicted molar refractivity (Wildman–Crippen MR) is 67.1 cm³/mol. The van der Waals surface area contributed by atoms with E-state index in [1.165, 1.54) is 18.4 Å². The van der Waals surface area contributed by atoms with E-state index in [1.54, 1.807) is 0 Å². The molecule has 0 bridgehead atoms. The fraction of sp³-hybridized carbons (Fsp3) is 0.583. The number of aromatic nitrogens is 1. The third-order valence-electron chi connectivity index (χ3n) is 3.13. The largest absolute Gasteiger partial charge is 0.395 e. The maximum Gasteiger partial charge on any atom is 0.106 e. The molecule has 2 rings (SSSR count). The van der Waals surface area contributed by atoms with E-state index in [0.29, 0.717) is 6.04 Å². The van der Waals surface area contributed by atoms with Gasteiger partial charge in [-0.2, -0.15) is 0 Å². The van der Waals surface area contributed by atoms with E-state index in [-0.39, 0.29) is 6.61 Å². The number of halogens is 1. The topological polar surface area (TPSA) is 36.4 Å². The van der Waals surface area contributed by atoms with Gasteiger partial charge in [0.2, 0.25) is 0 Å². The highest BCUT2D eigenvalue weighted by Crippen LogP contribution is 2.19. The minimum atomic E-state index is 0.268. The number of nitrogens with zero attached hydrogens (tertiary/aromatic N) is 2. The molecule has 1 aliphatic rings. The van der Waals surface area contributed by atoms with E-state index in [2.05, 4.69) is 31.9 Å². The van der Waals surface area contributed by atoms with Gasteiger partial charge in [0.05, 0.1) is 6.61 Å². The molecule has 1 atom stereocenters. The number of hydrogen-bond acceptors (Lipinski definition) is 3. The van der Waals surface area contributed by atoms with Crippen molar-refractivity contribution >= 4 is 15.9 Å². The van der Waals surface area contributed by atoms with Crippen molar-refractivity contribution in [2.45, 2.75) is 31.8 Å². The lowest BCUT2D eigenvalue weighted by Crippen LogP contribution is -2.41. The molecule has 4 heteroatoms. The summed E-state index contributed by atoms with van der Waals surface area (Å²) in [7, 11) is 0. The third-order valence-corrected chi connectivity index (χ3v) is 3.60. The number of likely N-dealkylation sites (tertiary alicyclic amines) is 1. The first-order valence-electron chi connectivity index (χ1n) is 5.75.